The number of benzene rings is 3. The third-order valence-electron chi connectivity index (χ3n) is 9.19. The highest BCUT2D eigenvalue weighted by Gasteiger charge is 2.40. The number of hydrogen-bond donors (Lipinski definition) is 0. The highest BCUT2D eigenvalue weighted by atomic mass is 32.2. The summed E-state index contributed by atoms with van der Waals surface area (Å²) >= 11 is 1.15. The predicted molar refractivity (Wildman–Crippen MR) is 171 cm³/mol. The van der Waals surface area contributed by atoms with Crippen molar-refractivity contribution in [3.63, 3.8) is 0 Å². The van der Waals surface area contributed by atoms with Crippen molar-refractivity contribution < 1.29 is 14.3 Å². The molecule has 3 aliphatic carbocycles. The van der Waals surface area contributed by atoms with Gasteiger partial charge in [-0.3, -0.25) is 14.5 Å². The average molecular weight is 571 g/mol. The summed E-state index contributed by atoms with van der Waals surface area (Å²) in [6.07, 6.45) is 17.4. The zero-order chi connectivity index (χ0) is 28.4. The van der Waals surface area contributed by atoms with Crippen LogP contribution in [0.25, 0.3) is 29.9 Å². The molecule has 0 saturated carbocycles. The largest absolute Gasteiger partial charge is 0.491 e. The number of hydrogen-bond acceptors (Lipinski definition) is 5. The third kappa shape index (κ3) is 4.08. The molecule has 0 aromatic heterocycles. The van der Waals surface area contributed by atoms with Gasteiger partial charge in [-0.05, 0) is 86.9 Å². The monoisotopic (exact) mass is 570 g/mol. The van der Waals surface area contributed by atoms with Crippen LogP contribution in [0.4, 0.5) is 10.5 Å². The minimum absolute atomic E-state index is 0.100. The number of anilines is 1. The number of amides is 2. The topological polar surface area (TPSA) is 49.9 Å². The first-order valence-electron chi connectivity index (χ1n) is 14.5. The number of nitrogens with zero attached hydrogens (tertiary/aromatic N) is 2. The van der Waals surface area contributed by atoms with Gasteiger partial charge in [0.1, 0.15) is 12.4 Å². The van der Waals surface area contributed by atoms with Crippen molar-refractivity contribution in [2.75, 3.05) is 25.1 Å². The van der Waals surface area contributed by atoms with Crippen LogP contribution in [0.2, 0.25) is 0 Å². The fourth-order valence-electron chi connectivity index (χ4n) is 6.99. The molecular weight excluding hydrogens is 540 g/mol. The Morgan fingerprint density at radius 2 is 1.71 bits per heavy atom. The van der Waals surface area contributed by atoms with Crippen molar-refractivity contribution in [3.05, 3.63) is 111 Å². The van der Waals surface area contributed by atoms with Gasteiger partial charge < -0.3 is 9.64 Å². The zero-order valence-electron chi connectivity index (χ0n) is 23.4. The second kappa shape index (κ2) is 9.92. The fraction of sp³-hybridized carbons (Fsp3) is 0.222. The van der Waals surface area contributed by atoms with E-state index in [-0.39, 0.29) is 11.1 Å². The van der Waals surface area contributed by atoms with Gasteiger partial charge in [0.25, 0.3) is 5.24 Å². The molecule has 2 aliphatic heterocycles. The van der Waals surface area contributed by atoms with Gasteiger partial charge in [0.15, 0.2) is 0 Å². The smallest absolute Gasteiger partial charge is 0.289 e. The molecule has 6 heteroatoms. The Hall–Kier alpha value is -4.29. The Balaban J connectivity index is 0.921. The summed E-state index contributed by atoms with van der Waals surface area (Å²) < 4.78 is 6.14. The Morgan fingerprint density at radius 3 is 2.52 bits per heavy atom. The first-order valence-corrected chi connectivity index (χ1v) is 15.4. The highest BCUT2D eigenvalue weighted by Crippen LogP contribution is 2.35. The van der Waals surface area contributed by atoms with E-state index in [4.69, 9.17) is 4.74 Å². The molecule has 2 amide bonds. The lowest BCUT2D eigenvalue weighted by atomic mass is 9.94. The van der Waals surface area contributed by atoms with E-state index in [2.05, 4.69) is 78.7 Å². The molecule has 0 spiro atoms. The molecule has 5 aliphatic rings. The molecular formula is C36H30N2O3S. The first kappa shape index (κ1) is 25.4. The molecule has 2 atom stereocenters. The van der Waals surface area contributed by atoms with Crippen LogP contribution in [-0.2, 0) is 24.1 Å². The Kier molecular flexibility index (Phi) is 6.00. The lowest BCUT2D eigenvalue weighted by Crippen LogP contribution is -2.34. The molecule has 1 saturated heterocycles. The van der Waals surface area contributed by atoms with Gasteiger partial charge in [-0.25, -0.2) is 0 Å². The van der Waals surface area contributed by atoms with Crippen molar-refractivity contribution in [2.24, 2.45) is 0 Å². The summed E-state index contributed by atoms with van der Waals surface area (Å²) in [7, 11) is 2.12. The number of rotatable bonds is 7. The Morgan fingerprint density at radius 1 is 0.952 bits per heavy atom. The van der Waals surface area contributed by atoms with Crippen LogP contribution in [0.5, 0.6) is 5.75 Å². The molecule has 208 valence electrons. The highest BCUT2D eigenvalue weighted by molar-refractivity contribution is 8.15. The average Bonchev–Trinajstić information content (AvgIpc) is 3.82. The zero-order valence-corrected chi connectivity index (χ0v) is 24.2. The number of ether oxygens (including phenoxy) is 1. The molecule has 42 heavy (non-hydrogen) atoms. The van der Waals surface area contributed by atoms with E-state index in [9.17, 15) is 9.59 Å². The Labute approximate surface area is 249 Å². The van der Waals surface area contributed by atoms with Crippen molar-refractivity contribution in [1.82, 2.24) is 4.90 Å². The number of carbonyl (C=O) groups excluding carboxylic acids is 2. The minimum Gasteiger partial charge on any atom is -0.491 e. The van der Waals surface area contributed by atoms with Gasteiger partial charge >= 0.3 is 0 Å². The van der Waals surface area contributed by atoms with Crippen LogP contribution in [0.3, 0.4) is 0 Å². The summed E-state index contributed by atoms with van der Waals surface area (Å²) in [6.45, 7) is 0.936. The predicted octanol–water partition coefficient (Wildman–Crippen LogP) is 4.99. The van der Waals surface area contributed by atoms with Gasteiger partial charge in [0.2, 0.25) is 5.91 Å². The number of carbonyl (C=O) groups is 2. The standard InChI is InChI=1S/C36H30N2O3S/c1-37-25(19-23-6-2-3-11-32(23)37)21-41-26-15-12-22(13-16-26)18-33-35(39)38(36(40)42-33)20-24-14-17-31-29-8-4-7-27(29)28-9-5-10-30(28)34(24)31/h2-16,25,33H,17-21H2,1H3. The first-order chi connectivity index (χ1) is 20.5. The Bertz CT molecular complexity index is 1890. The molecule has 3 aromatic rings. The summed E-state index contributed by atoms with van der Waals surface area (Å²) in [5.41, 5.74) is 9.75. The summed E-state index contributed by atoms with van der Waals surface area (Å²) in [5, 5.41) is 1.92. The van der Waals surface area contributed by atoms with Crippen LogP contribution in [0.1, 0.15) is 33.4 Å². The summed E-state index contributed by atoms with van der Waals surface area (Å²) in [5.74, 6) is 0.715. The molecule has 8 rings (SSSR count). The quantitative estimate of drug-likeness (QED) is 0.401. The van der Waals surface area contributed by atoms with Gasteiger partial charge in [0, 0.05) is 12.7 Å². The van der Waals surface area contributed by atoms with Crippen molar-refractivity contribution >= 4 is 58.5 Å². The summed E-state index contributed by atoms with van der Waals surface area (Å²) in [6, 6.07) is 16.8. The van der Waals surface area contributed by atoms with E-state index in [1.165, 1.54) is 48.8 Å². The van der Waals surface area contributed by atoms with Crippen LogP contribution < -0.4 is 20.1 Å². The van der Waals surface area contributed by atoms with E-state index in [0.29, 0.717) is 25.6 Å². The molecule has 2 unspecified atom stereocenters. The molecule has 0 bridgehead atoms. The molecule has 0 radical (unpaired) electrons. The molecule has 5 nitrogen and oxygen atoms in total. The SMILES string of the molecule is CN1c2ccccc2CC1COc1ccc(CC2SC(=O)N(CC3=CCc4c3c3c(c5c4=CC=C5)C=CC=3)C2=O)cc1. The third-order valence-corrected chi connectivity index (χ3v) is 10.3. The minimum atomic E-state index is -0.409. The maximum Gasteiger partial charge on any atom is 0.289 e. The van der Waals surface area contributed by atoms with E-state index in [1.54, 1.807) is 0 Å². The number of allylic oxidation sites excluding steroid dienone is 3. The maximum absolute atomic E-state index is 13.5. The van der Waals surface area contributed by atoms with E-state index < -0.39 is 5.25 Å². The number of imide groups is 1. The maximum atomic E-state index is 13.5. The van der Waals surface area contributed by atoms with Gasteiger partial charge in [-0.1, -0.05) is 84.6 Å². The second-order valence-corrected chi connectivity index (χ2v) is 12.7. The molecule has 3 aromatic carbocycles. The number of thioether (sulfide) groups is 1. The van der Waals surface area contributed by atoms with E-state index in [1.807, 2.05) is 24.3 Å². The van der Waals surface area contributed by atoms with Crippen molar-refractivity contribution in [1.29, 1.82) is 0 Å². The fourth-order valence-corrected chi connectivity index (χ4v) is 8.02. The van der Waals surface area contributed by atoms with E-state index >= 15 is 0 Å². The van der Waals surface area contributed by atoms with Gasteiger partial charge in [0.05, 0.1) is 17.8 Å². The lowest BCUT2D eigenvalue weighted by Gasteiger charge is -2.22. The van der Waals surface area contributed by atoms with Crippen LogP contribution in [0.15, 0.2) is 66.8 Å². The number of para-hydroxylation sites is 1. The van der Waals surface area contributed by atoms with Crippen molar-refractivity contribution in [3.8, 4) is 5.75 Å². The van der Waals surface area contributed by atoms with Crippen LogP contribution >= 0.6 is 11.8 Å². The molecule has 1 fully saturated rings. The van der Waals surface area contributed by atoms with Crippen LogP contribution in [0, 0.1) is 0 Å². The normalized spacial score (nSPS) is 20.8. The van der Waals surface area contributed by atoms with Gasteiger partial charge in [-0.2, -0.15) is 0 Å². The number of fused-ring (bicyclic) bond motifs is 7. The second-order valence-electron chi connectivity index (χ2n) is 11.5. The van der Waals surface area contributed by atoms with Gasteiger partial charge in [-0.15, -0.1) is 0 Å². The van der Waals surface area contributed by atoms with E-state index in [0.717, 1.165) is 41.5 Å². The molecule has 2 heterocycles. The molecule has 0 N–H and O–H groups in total. The van der Waals surface area contributed by atoms with Crippen LogP contribution in [-0.4, -0.2) is 47.5 Å². The lowest BCUT2D eigenvalue weighted by molar-refractivity contribution is -0.126. The van der Waals surface area contributed by atoms with Crippen molar-refractivity contribution in [2.45, 2.75) is 30.6 Å². The summed E-state index contributed by atoms with van der Waals surface area (Å²) in [4.78, 5) is 30.3. The number of likely N-dealkylation sites (N-methyl/N-ethyl adjacent to an activating group) is 1.